The summed E-state index contributed by atoms with van der Waals surface area (Å²) in [7, 11) is 0. The van der Waals surface area contributed by atoms with Gasteiger partial charge in [0.1, 0.15) is 5.75 Å². The average Bonchev–Trinajstić information content (AvgIpc) is 3.15. The van der Waals surface area contributed by atoms with E-state index in [1.165, 1.54) is 0 Å². The van der Waals surface area contributed by atoms with Crippen molar-refractivity contribution in [3.8, 4) is 5.75 Å². The lowest BCUT2D eigenvalue weighted by Gasteiger charge is -2.12. The molecule has 2 aromatic carbocycles. The molecule has 0 bridgehead atoms. The zero-order valence-corrected chi connectivity index (χ0v) is 16.5. The SMILES string of the molecule is CC(C)n1cnc2c(NCCc3ccc(O)cc3)nc(Nc3ccccc3)nc21. The molecule has 0 saturated heterocycles. The van der Waals surface area contributed by atoms with Crippen LogP contribution in [0.15, 0.2) is 60.9 Å². The molecule has 0 fully saturated rings. The lowest BCUT2D eigenvalue weighted by molar-refractivity contribution is 0.475. The van der Waals surface area contributed by atoms with Gasteiger partial charge >= 0.3 is 0 Å². The maximum atomic E-state index is 9.43. The van der Waals surface area contributed by atoms with Crippen LogP contribution in [0.25, 0.3) is 11.2 Å². The van der Waals surface area contributed by atoms with Crippen molar-refractivity contribution in [3.05, 3.63) is 66.5 Å². The van der Waals surface area contributed by atoms with Crippen LogP contribution in [0.1, 0.15) is 25.5 Å². The fraction of sp³-hybridized carbons (Fsp3) is 0.227. The first-order valence-electron chi connectivity index (χ1n) is 9.68. The molecule has 7 heteroatoms. The molecule has 2 heterocycles. The van der Waals surface area contributed by atoms with Crippen LogP contribution in [0.3, 0.4) is 0 Å². The van der Waals surface area contributed by atoms with Gasteiger partial charge in [-0.15, -0.1) is 0 Å². The van der Waals surface area contributed by atoms with Crippen LogP contribution < -0.4 is 10.6 Å². The molecule has 3 N–H and O–H groups in total. The Hall–Kier alpha value is -3.61. The van der Waals surface area contributed by atoms with Gasteiger partial charge in [-0.25, -0.2) is 4.98 Å². The lowest BCUT2D eigenvalue weighted by Crippen LogP contribution is -2.10. The van der Waals surface area contributed by atoms with Crippen molar-refractivity contribution in [1.82, 2.24) is 19.5 Å². The number of phenolic OH excluding ortho intramolecular Hbond substituents is 1. The number of rotatable bonds is 7. The number of nitrogens with zero attached hydrogens (tertiary/aromatic N) is 4. The number of fused-ring (bicyclic) bond motifs is 1. The van der Waals surface area contributed by atoms with Gasteiger partial charge in [0, 0.05) is 18.3 Å². The highest BCUT2D eigenvalue weighted by Crippen LogP contribution is 2.25. The average molecular weight is 388 g/mol. The summed E-state index contributed by atoms with van der Waals surface area (Å²) in [5, 5.41) is 16.1. The maximum absolute atomic E-state index is 9.43. The van der Waals surface area contributed by atoms with Crippen molar-refractivity contribution in [3.63, 3.8) is 0 Å². The number of aromatic nitrogens is 4. The zero-order valence-electron chi connectivity index (χ0n) is 16.5. The van der Waals surface area contributed by atoms with Crippen molar-refractivity contribution in [2.45, 2.75) is 26.3 Å². The van der Waals surface area contributed by atoms with Crippen LogP contribution in [0.2, 0.25) is 0 Å². The summed E-state index contributed by atoms with van der Waals surface area (Å²) in [6.45, 7) is 4.90. The van der Waals surface area contributed by atoms with E-state index >= 15 is 0 Å². The molecule has 0 spiro atoms. The summed E-state index contributed by atoms with van der Waals surface area (Å²) in [6.07, 6.45) is 2.61. The van der Waals surface area contributed by atoms with E-state index in [0.717, 1.165) is 28.8 Å². The molecular formula is C22H24N6O. The third-order valence-corrected chi connectivity index (χ3v) is 4.65. The van der Waals surface area contributed by atoms with Crippen LogP contribution in [-0.2, 0) is 6.42 Å². The van der Waals surface area contributed by atoms with E-state index in [1.54, 1.807) is 12.1 Å². The Morgan fingerprint density at radius 2 is 1.76 bits per heavy atom. The molecule has 7 nitrogen and oxygen atoms in total. The largest absolute Gasteiger partial charge is 0.508 e. The normalized spacial score (nSPS) is 11.1. The molecule has 0 aliphatic carbocycles. The highest BCUT2D eigenvalue weighted by atomic mass is 16.3. The summed E-state index contributed by atoms with van der Waals surface area (Å²) in [5.74, 6) is 1.50. The van der Waals surface area contributed by atoms with E-state index in [4.69, 9.17) is 4.98 Å². The van der Waals surface area contributed by atoms with Crippen molar-refractivity contribution in [2.75, 3.05) is 17.2 Å². The number of phenols is 1. The van der Waals surface area contributed by atoms with E-state index < -0.39 is 0 Å². The van der Waals surface area contributed by atoms with Gasteiger partial charge in [-0.05, 0) is 50.1 Å². The molecule has 0 amide bonds. The van der Waals surface area contributed by atoms with Gasteiger partial charge in [-0.2, -0.15) is 9.97 Å². The topological polar surface area (TPSA) is 87.9 Å². The second-order valence-electron chi connectivity index (χ2n) is 7.15. The van der Waals surface area contributed by atoms with Crippen LogP contribution in [-0.4, -0.2) is 31.2 Å². The molecule has 4 rings (SSSR count). The Morgan fingerprint density at radius 3 is 2.48 bits per heavy atom. The molecule has 0 unspecified atom stereocenters. The van der Waals surface area contributed by atoms with E-state index in [2.05, 4.69) is 34.4 Å². The Balaban J connectivity index is 1.61. The highest BCUT2D eigenvalue weighted by molar-refractivity contribution is 5.84. The third-order valence-electron chi connectivity index (χ3n) is 4.65. The van der Waals surface area contributed by atoms with Crippen LogP contribution >= 0.6 is 0 Å². The standard InChI is InChI=1S/C22H24N6O/c1-15(2)28-14-24-19-20(23-13-12-16-8-10-18(29)11-9-16)26-22(27-21(19)28)25-17-6-4-3-5-7-17/h3-11,14-15,29H,12-13H2,1-2H3,(H2,23,25,26,27). The third kappa shape index (κ3) is 4.29. The minimum absolute atomic E-state index is 0.240. The number of hydrogen-bond acceptors (Lipinski definition) is 6. The summed E-state index contributed by atoms with van der Waals surface area (Å²) in [5.41, 5.74) is 3.61. The number of anilines is 3. The van der Waals surface area contributed by atoms with E-state index in [-0.39, 0.29) is 11.8 Å². The number of benzene rings is 2. The van der Waals surface area contributed by atoms with Gasteiger partial charge in [0.15, 0.2) is 17.0 Å². The molecule has 148 valence electrons. The summed E-state index contributed by atoms with van der Waals surface area (Å²) < 4.78 is 2.04. The van der Waals surface area contributed by atoms with Gasteiger partial charge in [0.05, 0.1) is 6.33 Å². The molecular weight excluding hydrogens is 364 g/mol. The fourth-order valence-electron chi connectivity index (χ4n) is 3.11. The molecule has 0 radical (unpaired) electrons. The predicted molar refractivity (Wildman–Crippen MR) is 116 cm³/mol. The molecule has 0 saturated carbocycles. The molecule has 29 heavy (non-hydrogen) atoms. The van der Waals surface area contributed by atoms with E-state index in [9.17, 15) is 5.11 Å². The quantitative estimate of drug-likeness (QED) is 0.432. The molecule has 0 atom stereocenters. The van der Waals surface area contributed by atoms with Gasteiger partial charge in [0.2, 0.25) is 5.95 Å². The minimum Gasteiger partial charge on any atom is -0.508 e. The van der Waals surface area contributed by atoms with Crippen LogP contribution in [0.5, 0.6) is 5.75 Å². The number of aromatic hydroxyl groups is 1. The monoisotopic (exact) mass is 388 g/mol. The first-order valence-corrected chi connectivity index (χ1v) is 9.68. The van der Waals surface area contributed by atoms with E-state index in [1.807, 2.05) is 53.4 Å². The van der Waals surface area contributed by atoms with Crippen molar-refractivity contribution in [1.29, 1.82) is 0 Å². The number of imidazole rings is 1. The number of para-hydroxylation sites is 1. The summed E-state index contributed by atoms with van der Waals surface area (Å²) in [4.78, 5) is 13.9. The second kappa shape index (κ2) is 8.18. The van der Waals surface area contributed by atoms with Crippen molar-refractivity contribution < 1.29 is 5.11 Å². The highest BCUT2D eigenvalue weighted by Gasteiger charge is 2.15. The summed E-state index contributed by atoms with van der Waals surface area (Å²) >= 11 is 0. The molecule has 0 aliphatic heterocycles. The zero-order chi connectivity index (χ0) is 20.2. The Bertz CT molecular complexity index is 1090. The predicted octanol–water partition coefficient (Wildman–Crippen LogP) is 4.51. The van der Waals surface area contributed by atoms with Gasteiger partial charge < -0.3 is 20.3 Å². The van der Waals surface area contributed by atoms with Gasteiger partial charge in [-0.3, -0.25) is 0 Å². The first-order chi connectivity index (χ1) is 14.1. The van der Waals surface area contributed by atoms with Crippen LogP contribution in [0.4, 0.5) is 17.5 Å². The second-order valence-corrected chi connectivity index (χ2v) is 7.15. The summed E-state index contributed by atoms with van der Waals surface area (Å²) in [6, 6.07) is 17.3. The first kappa shape index (κ1) is 18.7. The number of hydrogen-bond donors (Lipinski definition) is 3. The van der Waals surface area contributed by atoms with Crippen molar-refractivity contribution >= 4 is 28.6 Å². The Labute approximate surface area is 169 Å². The lowest BCUT2D eigenvalue weighted by atomic mass is 10.1. The van der Waals surface area contributed by atoms with Gasteiger partial charge in [-0.1, -0.05) is 30.3 Å². The molecule has 4 aromatic rings. The smallest absolute Gasteiger partial charge is 0.231 e. The Morgan fingerprint density at radius 1 is 1.00 bits per heavy atom. The molecule has 0 aliphatic rings. The van der Waals surface area contributed by atoms with E-state index in [0.29, 0.717) is 18.3 Å². The van der Waals surface area contributed by atoms with Crippen LogP contribution in [0, 0.1) is 0 Å². The van der Waals surface area contributed by atoms with Crippen molar-refractivity contribution in [2.24, 2.45) is 0 Å². The molecule has 2 aromatic heterocycles. The Kier molecular flexibility index (Phi) is 5.29. The fourth-order valence-corrected chi connectivity index (χ4v) is 3.11. The minimum atomic E-state index is 0.240. The number of nitrogens with one attached hydrogen (secondary N) is 2. The maximum Gasteiger partial charge on any atom is 0.231 e. The van der Waals surface area contributed by atoms with Gasteiger partial charge in [0.25, 0.3) is 0 Å².